The molecule has 0 radical (unpaired) electrons. The molecule has 0 heterocycles. The summed E-state index contributed by atoms with van der Waals surface area (Å²) >= 11 is 0. The Hall–Kier alpha value is -1.26. The molecule has 124 valence electrons. The Bertz CT molecular complexity index is 288. The molecule has 0 bridgehead atoms. The zero-order valence-corrected chi connectivity index (χ0v) is 13.9. The fourth-order valence-electron chi connectivity index (χ4n) is 2.26. The topological polar surface area (TPSA) is 93.5 Å². The monoisotopic (exact) mass is 298 g/mol. The van der Waals surface area contributed by atoms with Gasteiger partial charge in [0.15, 0.2) is 5.96 Å². The van der Waals surface area contributed by atoms with Crippen molar-refractivity contribution in [2.45, 2.75) is 71.6 Å². The molecule has 5 nitrogen and oxygen atoms in total. The average molecular weight is 298 g/mol. The molecule has 0 aromatic rings. The molecular weight excluding hydrogens is 264 g/mol. The van der Waals surface area contributed by atoms with Crippen molar-refractivity contribution in [2.75, 3.05) is 13.1 Å². The number of rotatable bonds is 13. The number of nitrogens with two attached hydrogens (primary N) is 2. The summed E-state index contributed by atoms with van der Waals surface area (Å²) in [6.45, 7) is 5.73. The van der Waals surface area contributed by atoms with Crippen molar-refractivity contribution in [3.8, 4) is 0 Å². The summed E-state index contributed by atoms with van der Waals surface area (Å²) in [4.78, 5) is 15.7. The van der Waals surface area contributed by atoms with Gasteiger partial charge < -0.3 is 16.8 Å². The molecule has 0 aromatic heterocycles. The highest BCUT2D eigenvalue weighted by atomic mass is 16.1. The maximum atomic E-state index is 11.8. The number of nitrogens with one attached hydrogen (secondary N) is 1. The standard InChI is InChI=1S/C16H34N4O/c1-3-4-5-6-7-10-14(2)13-15(21)19-11-8-9-12-20-16(17)18/h14H,3-13H2,1-2H3,(H,19,21)(H4,17,18,20)/t14-/m1/s1. The largest absolute Gasteiger partial charge is 0.370 e. The normalized spacial score (nSPS) is 11.9. The number of hydrogen-bond acceptors (Lipinski definition) is 2. The average Bonchev–Trinajstić information content (AvgIpc) is 2.42. The van der Waals surface area contributed by atoms with Crippen LogP contribution in [0.3, 0.4) is 0 Å². The fourth-order valence-corrected chi connectivity index (χ4v) is 2.26. The van der Waals surface area contributed by atoms with Gasteiger partial charge in [0.05, 0.1) is 0 Å². The van der Waals surface area contributed by atoms with Crippen LogP contribution >= 0.6 is 0 Å². The number of guanidine groups is 1. The summed E-state index contributed by atoms with van der Waals surface area (Å²) < 4.78 is 0. The van der Waals surface area contributed by atoms with Crippen LogP contribution in [0.5, 0.6) is 0 Å². The van der Waals surface area contributed by atoms with E-state index in [9.17, 15) is 4.79 Å². The van der Waals surface area contributed by atoms with Crippen molar-refractivity contribution in [1.82, 2.24) is 5.32 Å². The minimum atomic E-state index is 0.131. The number of aliphatic imine (C=N–C) groups is 1. The molecule has 0 aromatic carbocycles. The first kappa shape index (κ1) is 19.7. The lowest BCUT2D eigenvalue weighted by Gasteiger charge is -2.11. The number of carbonyl (C=O) groups is 1. The summed E-state index contributed by atoms with van der Waals surface area (Å²) in [5.41, 5.74) is 10.5. The molecule has 1 amide bonds. The molecule has 0 rings (SSSR count). The first-order chi connectivity index (χ1) is 10.1. The van der Waals surface area contributed by atoms with E-state index in [1.54, 1.807) is 0 Å². The van der Waals surface area contributed by atoms with Gasteiger partial charge in [-0.3, -0.25) is 9.79 Å². The van der Waals surface area contributed by atoms with Crippen LogP contribution in [0.15, 0.2) is 4.99 Å². The van der Waals surface area contributed by atoms with E-state index < -0.39 is 0 Å². The van der Waals surface area contributed by atoms with Crippen LogP contribution in [0.4, 0.5) is 0 Å². The molecule has 5 heteroatoms. The fraction of sp³-hybridized carbons (Fsp3) is 0.875. The Labute approximate surface area is 129 Å². The quantitative estimate of drug-likeness (QED) is 0.277. The van der Waals surface area contributed by atoms with E-state index in [2.05, 4.69) is 24.2 Å². The second kappa shape index (κ2) is 13.7. The summed E-state index contributed by atoms with van der Waals surface area (Å²) in [5.74, 6) is 0.776. The van der Waals surface area contributed by atoms with Gasteiger partial charge in [0.25, 0.3) is 0 Å². The number of unbranched alkanes of at least 4 members (excludes halogenated alkanes) is 5. The molecule has 0 saturated heterocycles. The number of hydrogen-bond donors (Lipinski definition) is 3. The molecule has 0 aliphatic carbocycles. The summed E-state index contributed by atoms with van der Waals surface area (Å²) in [7, 11) is 0. The first-order valence-corrected chi connectivity index (χ1v) is 8.38. The van der Waals surface area contributed by atoms with E-state index in [1.807, 2.05) is 0 Å². The molecule has 0 aliphatic heterocycles. The minimum Gasteiger partial charge on any atom is -0.370 e. The van der Waals surface area contributed by atoms with Gasteiger partial charge in [-0.05, 0) is 18.8 Å². The van der Waals surface area contributed by atoms with Gasteiger partial charge in [0.2, 0.25) is 5.91 Å². The molecular formula is C16H34N4O. The van der Waals surface area contributed by atoms with E-state index in [0.29, 0.717) is 25.4 Å². The third kappa shape index (κ3) is 15.0. The van der Waals surface area contributed by atoms with Gasteiger partial charge in [0, 0.05) is 19.5 Å². The Balaban J connectivity index is 3.45. The van der Waals surface area contributed by atoms with Crippen molar-refractivity contribution in [3.63, 3.8) is 0 Å². The van der Waals surface area contributed by atoms with Gasteiger partial charge in [-0.15, -0.1) is 0 Å². The number of carbonyl (C=O) groups excluding carboxylic acids is 1. The van der Waals surface area contributed by atoms with E-state index in [-0.39, 0.29) is 11.9 Å². The van der Waals surface area contributed by atoms with Gasteiger partial charge in [-0.2, -0.15) is 0 Å². The van der Waals surface area contributed by atoms with Crippen LogP contribution < -0.4 is 16.8 Å². The predicted molar refractivity (Wildman–Crippen MR) is 90.1 cm³/mol. The van der Waals surface area contributed by atoms with E-state index >= 15 is 0 Å². The Kier molecular flexibility index (Phi) is 12.9. The zero-order chi connectivity index (χ0) is 15.9. The second-order valence-corrected chi connectivity index (χ2v) is 5.88. The van der Waals surface area contributed by atoms with Crippen LogP contribution in [0.1, 0.15) is 71.6 Å². The van der Waals surface area contributed by atoms with Crippen LogP contribution in [0.2, 0.25) is 0 Å². The second-order valence-electron chi connectivity index (χ2n) is 5.88. The summed E-state index contributed by atoms with van der Waals surface area (Å²) in [6.07, 6.45) is 10.1. The van der Waals surface area contributed by atoms with E-state index in [1.165, 1.54) is 32.1 Å². The van der Waals surface area contributed by atoms with Crippen LogP contribution in [0, 0.1) is 5.92 Å². The van der Waals surface area contributed by atoms with E-state index in [4.69, 9.17) is 11.5 Å². The van der Waals surface area contributed by atoms with Gasteiger partial charge in [0.1, 0.15) is 0 Å². The first-order valence-electron chi connectivity index (χ1n) is 8.38. The van der Waals surface area contributed by atoms with Crippen LogP contribution in [-0.4, -0.2) is 25.0 Å². The third-order valence-electron chi connectivity index (χ3n) is 3.54. The van der Waals surface area contributed by atoms with Crippen molar-refractivity contribution >= 4 is 11.9 Å². The molecule has 0 saturated carbocycles. The van der Waals surface area contributed by atoms with Gasteiger partial charge in [-0.1, -0.05) is 52.4 Å². The lowest BCUT2D eigenvalue weighted by atomic mass is 9.99. The van der Waals surface area contributed by atoms with Gasteiger partial charge >= 0.3 is 0 Å². The van der Waals surface area contributed by atoms with Crippen molar-refractivity contribution in [1.29, 1.82) is 0 Å². The highest BCUT2D eigenvalue weighted by Crippen LogP contribution is 2.14. The Morgan fingerprint density at radius 3 is 2.48 bits per heavy atom. The highest BCUT2D eigenvalue weighted by molar-refractivity contribution is 5.76. The van der Waals surface area contributed by atoms with E-state index in [0.717, 1.165) is 19.3 Å². The minimum absolute atomic E-state index is 0.131. The molecule has 1 atom stereocenters. The molecule has 0 fully saturated rings. The predicted octanol–water partition coefficient (Wildman–Crippen LogP) is 2.54. The third-order valence-corrected chi connectivity index (χ3v) is 3.54. The molecule has 0 unspecified atom stereocenters. The van der Waals surface area contributed by atoms with Crippen molar-refractivity contribution in [2.24, 2.45) is 22.4 Å². The maximum Gasteiger partial charge on any atom is 0.220 e. The molecule has 21 heavy (non-hydrogen) atoms. The number of nitrogens with zero attached hydrogens (tertiary/aromatic N) is 1. The van der Waals surface area contributed by atoms with Gasteiger partial charge in [-0.25, -0.2) is 0 Å². The lowest BCUT2D eigenvalue weighted by molar-refractivity contribution is -0.121. The lowest BCUT2D eigenvalue weighted by Crippen LogP contribution is -2.26. The smallest absolute Gasteiger partial charge is 0.220 e. The van der Waals surface area contributed by atoms with Crippen LogP contribution in [0.25, 0.3) is 0 Å². The van der Waals surface area contributed by atoms with Crippen molar-refractivity contribution in [3.05, 3.63) is 0 Å². The Morgan fingerprint density at radius 1 is 1.10 bits per heavy atom. The molecule has 5 N–H and O–H groups in total. The Morgan fingerprint density at radius 2 is 1.81 bits per heavy atom. The van der Waals surface area contributed by atoms with Crippen molar-refractivity contribution < 1.29 is 4.79 Å². The summed E-state index contributed by atoms with van der Waals surface area (Å²) in [6, 6.07) is 0. The summed E-state index contributed by atoms with van der Waals surface area (Å²) in [5, 5.41) is 2.96. The zero-order valence-electron chi connectivity index (χ0n) is 13.9. The SMILES string of the molecule is CCCCCCC[C@@H](C)CC(=O)NCCCCN=C(N)N. The molecule has 0 aliphatic rings. The molecule has 0 spiro atoms. The maximum absolute atomic E-state index is 11.8. The number of amides is 1. The highest BCUT2D eigenvalue weighted by Gasteiger charge is 2.08. The van der Waals surface area contributed by atoms with Crippen LogP contribution in [-0.2, 0) is 4.79 Å².